The number of ketones is 1. The second kappa shape index (κ2) is 6.18. The maximum Gasteiger partial charge on any atom is 0.227 e. The quantitative estimate of drug-likeness (QED) is 0.879. The fourth-order valence-corrected chi connectivity index (χ4v) is 1.91. The minimum atomic E-state index is -0.203. The highest BCUT2D eigenvalue weighted by molar-refractivity contribution is 6.28. The van der Waals surface area contributed by atoms with Gasteiger partial charge in [-0.15, -0.1) is 0 Å². The minimum Gasteiger partial charge on any atom is -0.349 e. The van der Waals surface area contributed by atoms with Crippen LogP contribution in [0.4, 0.5) is 5.95 Å². The largest absolute Gasteiger partial charge is 0.349 e. The van der Waals surface area contributed by atoms with Gasteiger partial charge >= 0.3 is 0 Å². The van der Waals surface area contributed by atoms with Crippen LogP contribution in [0.15, 0.2) is 30.3 Å². The molecular weight excluding hydrogens is 288 g/mol. The summed E-state index contributed by atoms with van der Waals surface area (Å²) < 4.78 is 0. The highest BCUT2D eigenvalue weighted by Gasteiger charge is 2.15. The predicted molar refractivity (Wildman–Crippen MR) is 82.7 cm³/mol. The van der Waals surface area contributed by atoms with Crippen LogP contribution in [0.25, 0.3) is 0 Å². The molecule has 0 aliphatic rings. The van der Waals surface area contributed by atoms with Crippen molar-refractivity contribution in [3.63, 3.8) is 0 Å². The molecule has 0 saturated heterocycles. The Bertz CT molecular complexity index is 638. The van der Waals surface area contributed by atoms with Gasteiger partial charge in [-0.2, -0.15) is 9.97 Å². The van der Waals surface area contributed by atoms with Crippen molar-refractivity contribution >= 4 is 23.3 Å². The molecule has 0 bridgehead atoms. The van der Waals surface area contributed by atoms with Crippen LogP contribution < -0.4 is 5.32 Å². The molecule has 6 heteroatoms. The van der Waals surface area contributed by atoms with Crippen LogP contribution in [0.2, 0.25) is 5.28 Å². The summed E-state index contributed by atoms with van der Waals surface area (Å²) in [5.74, 6) is 0.675. The summed E-state index contributed by atoms with van der Waals surface area (Å²) in [7, 11) is 0. The predicted octanol–water partition coefficient (Wildman–Crippen LogP) is 3.16. The maximum atomic E-state index is 12.2. The van der Waals surface area contributed by atoms with Crippen molar-refractivity contribution in [2.75, 3.05) is 5.32 Å². The summed E-state index contributed by atoms with van der Waals surface area (Å²) in [5.41, 5.74) is 0.421. The maximum absolute atomic E-state index is 12.2. The lowest BCUT2D eigenvalue weighted by atomic mass is 10.1. The summed E-state index contributed by atoms with van der Waals surface area (Å²) in [5, 5.41) is 3.19. The molecule has 1 aromatic carbocycles. The van der Waals surface area contributed by atoms with Crippen LogP contribution in [0.3, 0.4) is 0 Å². The number of hydrogen-bond acceptors (Lipinski definition) is 5. The third kappa shape index (κ3) is 4.79. The third-order valence-electron chi connectivity index (χ3n) is 2.56. The number of nitrogens with one attached hydrogen (secondary N) is 1. The number of Topliss-reactive ketones (excluding diaryl/α,β-unsaturated/α-hetero) is 1. The SMILES string of the molecule is CC(C)(C)Nc1nc(Cl)nc(CC(=O)c2ccccc2)n1. The van der Waals surface area contributed by atoms with Gasteiger partial charge in [0.2, 0.25) is 11.2 Å². The molecule has 110 valence electrons. The van der Waals surface area contributed by atoms with Crippen molar-refractivity contribution in [2.24, 2.45) is 0 Å². The van der Waals surface area contributed by atoms with E-state index in [0.717, 1.165) is 0 Å². The molecule has 0 saturated carbocycles. The molecule has 0 unspecified atom stereocenters. The van der Waals surface area contributed by atoms with Crippen LogP contribution in [0.1, 0.15) is 37.0 Å². The Balaban J connectivity index is 2.19. The van der Waals surface area contributed by atoms with E-state index in [0.29, 0.717) is 17.3 Å². The number of nitrogens with zero attached hydrogens (tertiary/aromatic N) is 3. The zero-order valence-electron chi connectivity index (χ0n) is 12.2. The normalized spacial score (nSPS) is 11.2. The second-order valence-electron chi connectivity index (χ2n) is 5.69. The Morgan fingerprint density at radius 3 is 2.43 bits per heavy atom. The molecule has 0 aliphatic carbocycles. The number of carbonyl (C=O) groups excluding carboxylic acids is 1. The molecule has 5 nitrogen and oxygen atoms in total. The van der Waals surface area contributed by atoms with E-state index in [4.69, 9.17) is 11.6 Å². The van der Waals surface area contributed by atoms with Crippen molar-refractivity contribution in [1.29, 1.82) is 0 Å². The summed E-state index contributed by atoms with van der Waals surface area (Å²) in [6.07, 6.45) is 0.0884. The van der Waals surface area contributed by atoms with E-state index in [1.807, 2.05) is 39.0 Å². The van der Waals surface area contributed by atoms with Crippen LogP contribution in [0.5, 0.6) is 0 Å². The Morgan fingerprint density at radius 1 is 1.14 bits per heavy atom. The van der Waals surface area contributed by atoms with E-state index >= 15 is 0 Å². The van der Waals surface area contributed by atoms with Gasteiger partial charge in [-0.1, -0.05) is 30.3 Å². The van der Waals surface area contributed by atoms with Gasteiger partial charge in [0.1, 0.15) is 5.82 Å². The molecule has 0 amide bonds. The first-order chi connectivity index (χ1) is 9.83. The van der Waals surface area contributed by atoms with Crippen LogP contribution >= 0.6 is 11.6 Å². The molecule has 2 aromatic rings. The highest BCUT2D eigenvalue weighted by atomic mass is 35.5. The highest BCUT2D eigenvalue weighted by Crippen LogP contribution is 2.13. The van der Waals surface area contributed by atoms with E-state index in [-0.39, 0.29) is 23.0 Å². The van der Waals surface area contributed by atoms with Crippen LogP contribution in [-0.2, 0) is 6.42 Å². The number of halogens is 1. The average Bonchev–Trinajstić information content (AvgIpc) is 2.36. The van der Waals surface area contributed by atoms with Gasteiger partial charge in [0, 0.05) is 11.1 Å². The third-order valence-corrected chi connectivity index (χ3v) is 2.72. The summed E-state index contributed by atoms with van der Waals surface area (Å²) in [6, 6.07) is 9.03. The zero-order chi connectivity index (χ0) is 15.5. The number of rotatable bonds is 4. The van der Waals surface area contributed by atoms with E-state index < -0.39 is 0 Å². The molecule has 0 spiro atoms. The van der Waals surface area contributed by atoms with E-state index in [1.54, 1.807) is 12.1 Å². The summed E-state index contributed by atoms with van der Waals surface area (Å²) >= 11 is 5.89. The number of carbonyl (C=O) groups is 1. The van der Waals surface area contributed by atoms with Crippen molar-refractivity contribution in [3.8, 4) is 0 Å². The van der Waals surface area contributed by atoms with Gasteiger partial charge in [0.25, 0.3) is 0 Å². The Kier molecular flexibility index (Phi) is 4.53. The Morgan fingerprint density at radius 2 is 1.81 bits per heavy atom. The van der Waals surface area contributed by atoms with E-state index in [1.165, 1.54) is 0 Å². The average molecular weight is 305 g/mol. The molecule has 0 radical (unpaired) electrons. The second-order valence-corrected chi connectivity index (χ2v) is 6.02. The lowest BCUT2D eigenvalue weighted by Gasteiger charge is -2.20. The number of anilines is 1. The smallest absolute Gasteiger partial charge is 0.227 e. The Hall–Kier alpha value is -2.01. The van der Waals surface area contributed by atoms with E-state index in [9.17, 15) is 4.79 Å². The minimum absolute atomic E-state index is 0.0559. The molecule has 0 atom stereocenters. The van der Waals surface area contributed by atoms with Crippen molar-refractivity contribution in [1.82, 2.24) is 15.0 Å². The standard InChI is InChI=1S/C15H17ClN4O/c1-15(2,3)20-14-18-12(17-13(16)19-14)9-11(21)10-7-5-4-6-8-10/h4-8H,9H2,1-3H3,(H,17,18,19,20). The first kappa shape index (κ1) is 15.4. The van der Waals surface area contributed by atoms with Crippen molar-refractivity contribution in [3.05, 3.63) is 47.0 Å². The molecule has 1 aromatic heterocycles. The fourth-order valence-electron chi connectivity index (χ4n) is 1.73. The van der Waals surface area contributed by atoms with Gasteiger partial charge in [0.05, 0.1) is 6.42 Å². The summed E-state index contributed by atoms with van der Waals surface area (Å²) in [4.78, 5) is 24.4. The van der Waals surface area contributed by atoms with Gasteiger partial charge in [-0.25, -0.2) is 4.98 Å². The lowest BCUT2D eigenvalue weighted by molar-refractivity contribution is 0.0991. The molecular formula is C15H17ClN4O. The fraction of sp³-hybridized carbons (Fsp3) is 0.333. The van der Waals surface area contributed by atoms with Gasteiger partial charge < -0.3 is 5.32 Å². The van der Waals surface area contributed by atoms with E-state index in [2.05, 4.69) is 20.3 Å². The zero-order valence-corrected chi connectivity index (χ0v) is 13.0. The Labute approximate surface area is 128 Å². The van der Waals surface area contributed by atoms with Crippen LogP contribution in [0, 0.1) is 0 Å². The lowest BCUT2D eigenvalue weighted by Crippen LogP contribution is -2.28. The molecule has 21 heavy (non-hydrogen) atoms. The number of benzene rings is 1. The number of aromatic nitrogens is 3. The first-order valence-electron chi connectivity index (χ1n) is 6.60. The van der Waals surface area contributed by atoms with Gasteiger partial charge in [-0.3, -0.25) is 4.79 Å². The van der Waals surface area contributed by atoms with Crippen molar-refractivity contribution in [2.45, 2.75) is 32.7 Å². The molecule has 0 fully saturated rings. The monoisotopic (exact) mass is 304 g/mol. The van der Waals surface area contributed by atoms with Crippen molar-refractivity contribution < 1.29 is 4.79 Å². The van der Waals surface area contributed by atoms with Gasteiger partial charge in [0.15, 0.2) is 5.78 Å². The first-order valence-corrected chi connectivity index (χ1v) is 6.98. The summed E-state index contributed by atoms with van der Waals surface area (Å²) in [6.45, 7) is 5.96. The molecule has 1 N–H and O–H groups in total. The van der Waals surface area contributed by atoms with Crippen LogP contribution in [-0.4, -0.2) is 26.3 Å². The molecule has 2 rings (SSSR count). The topological polar surface area (TPSA) is 67.8 Å². The van der Waals surface area contributed by atoms with Gasteiger partial charge in [-0.05, 0) is 32.4 Å². The molecule has 1 heterocycles. The molecule has 0 aliphatic heterocycles. The number of hydrogen-bond donors (Lipinski definition) is 1.